The number of hydrogen-bond donors (Lipinski definition) is 2. The Hall–Kier alpha value is -1.42. The Labute approximate surface area is 99.9 Å². The molecule has 0 aliphatic rings. The molecule has 1 aromatic rings. The monoisotopic (exact) mass is 240 g/mol. The highest BCUT2D eigenvalue weighted by Gasteiger charge is 2.27. The normalized spacial score (nSPS) is 16.3. The summed E-state index contributed by atoms with van der Waals surface area (Å²) in [5, 5.41) is 19.0. The van der Waals surface area contributed by atoms with Gasteiger partial charge in [-0.1, -0.05) is 19.9 Å². The van der Waals surface area contributed by atoms with E-state index in [9.17, 15) is 14.3 Å². The molecule has 3 unspecified atom stereocenters. The van der Waals surface area contributed by atoms with E-state index in [0.29, 0.717) is 11.1 Å². The minimum atomic E-state index is -0.948. The van der Waals surface area contributed by atoms with Gasteiger partial charge in [0.05, 0.1) is 12.0 Å². The topological polar surface area (TPSA) is 57.5 Å². The molecule has 3 atom stereocenters. The molecule has 0 saturated heterocycles. The molecule has 0 aromatic heterocycles. The maximum absolute atomic E-state index is 12.9. The Morgan fingerprint density at radius 3 is 2.41 bits per heavy atom. The van der Waals surface area contributed by atoms with Crippen molar-refractivity contribution in [2.45, 2.75) is 26.9 Å². The van der Waals surface area contributed by atoms with Gasteiger partial charge in [-0.25, -0.2) is 4.39 Å². The lowest BCUT2D eigenvalue weighted by Gasteiger charge is -2.23. The first-order valence-corrected chi connectivity index (χ1v) is 5.51. The second kappa shape index (κ2) is 5.27. The van der Waals surface area contributed by atoms with Crippen LogP contribution in [0.15, 0.2) is 18.2 Å². The van der Waals surface area contributed by atoms with E-state index < -0.39 is 23.9 Å². The molecule has 17 heavy (non-hydrogen) atoms. The lowest BCUT2D eigenvalue weighted by molar-refractivity contribution is -0.144. The molecular weight excluding hydrogens is 223 g/mol. The average Bonchev–Trinajstić information content (AvgIpc) is 2.26. The summed E-state index contributed by atoms with van der Waals surface area (Å²) in [6, 6.07) is 4.10. The minimum Gasteiger partial charge on any atom is -0.481 e. The van der Waals surface area contributed by atoms with Crippen molar-refractivity contribution >= 4 is 5.97 Å². The molecular formula is C13H17FO3. The highest BCUT2D eigenvalue weighted by atomic mass is 19.1. The lowest BCUT2D eigenvalue weighted by Crippen LogP contribution is -2.24. The van der Waals surface area contributed by atoms with Crippen LogP contribution in [0.5, 0.6) is 0 Å². The Morgan fingerprint density at radius 1 is 1.35 bits per heavy atom. The first-order valence-electron chi connectivity index (χ1n) is 5.51. The third-order valence-corrected chi connectivity index (χ3v) is 3.23. The number of benzene rings is 1. The Morgan fingerprint density at radius 2 is 1.94 bits per heavy atom. The van der Waals surface area contributed by atoms with E-state index in [0.717, 1.165) is 0 Å². The number of carboxylic acids is 1. The maximum atomic E-state index is 12.9. The number of aliphatic hydroxyl groups excluding tert-OH is 1. The summed E-state index contributed by atoms with van der Waals surface area (Å²) < 4.78 is 12.9. The summed E-state index contributed by atoms with van der Waals surface area (Å²) in [7, 11) is 0. The van der Waals surface area contributed by atoms with Crippen molar-refractivity contribution in [3.63, 3.8) is 0 Å². The fourth-order valence-electron chi connectivity index (χ4n) is 1.75. The molecule has 0 saturated carbocycles. The van der Waals surface area contributed by atoms with E-state index in [1.165, 1.54) is 18.2 Å². The summed E-state index contributed by atoms with van der Waals surface area (Å²) >= 11 is 0. The molecule has 0 bridgehead atoms. The van der Waals surface area contributed by atoms with Crippen LogP contribution in [0.4, 0.5) is 4.39 Å². The summed E-state index contributed by atoms with van der Waals surface area (Å²) in [5.41, 5.74) is 1.20. The zero-order chi connectivity index (χ0) is 13.2. The number of carboxylic acid groups (broad SMARTS) is 1. The molecule has 0 spiro atoms. The second-order valence-corrected chi connectivity index (χ2v) is 4.43. The van der Waals surface area contributed by atoms with Gasteiger partial charge in [0.2, 0.25) is 0 Å². The third kappa shape index (κ3) is 3.03. The van der Waals surface area contributed by atoms with Gasteiger partial charge in [-0.3, -0.25) is 4.79 Å². The van der Waals surface area contributed by atoms with Crippen LogP contribution < -0.4 is 0 Å². The van der Waals surface area contributed by atoms with E-state index in [-0.39, 0.29) is 5.82 Å². The van der Waals surface area contributed by atoms with Gasteiger partial charge in [0.15, 0.2) is 0 Å². The number of aliphatic hydroxyl groups is 1. The van der Waals surface area contributed by atoms with Crippen molar-refractivity contribution in [1.29, 1.82) is 0 Å². The van der Waals surface area contributed by atoms with Crippen molar-refractivity contribution in [3.05, 3.63) is 35.1 Å². The quantitative estimate of drug-likeness (QED) is 0.850. The van der Waals surface area contributed by atoms with E-state index in [1.807, 2.05) is 0 Å². The molecule has 0 heterocycles. The Kier molecular flexibility index (Phi) is 4.23. The first-order chi connectivity index (χ1) is 7.84. The van der Waals surface area contributed by atoms with Crippen LogP contribution in [0.3, 0.4) is 0 Å². The fraction of sp³-hybridized carbons (Fsp3) is 0.462. The van der Waals surface area contributed by atoms with Gasteiger partial charge < -0.3 is 10.2 Å². The van der Waals surface area contributed by atoms with Crippen LogP contribution in [-0.2, 0) is 4.79 Å². The zero-order valence-corrected chi connectivity index (χ0v) is 10.1. The molecule has 0 radical (unpaired) electrons. The first kappa shape index (κ1) is 13.6. The predicted octanol–water partition coefficient (Wildman–Crippen LogP) is 2.52. The summed E-state index contributed by atoms with van der Waals surface area (Å²) in [5.74, 6) is -2.40. The van der Waals surface area contributed by atoms with Crippen LogP contribution in [0, 0.1) is 24.6 Å². The van der Waals surface area contributed by atoms with E-state index >= 15 is 0 Å². The second-order valence-electron chi connectivity index (χ2n) is 4.43. The highest BCUT2D eigenvalue weighted by molar-refractivity contribution is 5.69. The summed E-state index contributed by atoms with van der Waals surface area (Å²) in [6.45, 7) is 4.92. The van der Waals surface area contributed by atoms with E-state index in [4.69, 9.17) is 5.11 Å². The molecule has 3 nitrogen and oxygen atoms in total. The predicted molar refractivity (Wildman–Crippen MR) is 62.1 cm³/mol. The van der Waals surface area contributed by atoms with Gasteiger partial charge in [0, 0.05) is 0 Å². The smallest absolute Gasteiger partial charge is 0.306 e. The molecule has 4 heteroatoms. The van der Waals surface area contributed by atoms with Crippen molar-refractivity contribution in [2.24, 2.45) is 11.8 Å². The van der Waals surface area contributed by atoms with Gasteiger partial charge in [-0.05, 0) is 36.1 Å². The van der Waals surface area contributed by atoms with Crippen LogP contribution in [-0.4, -0.2) is 16.2 Å². The number of halogens is 1. The largest absolute Gasteiger partial charge is 0.481 e. The number of hydrogen-bond acceptors (Lipinski definition) is 2. The SMILES string of the molecule is Cc1cc(F)ccc1C(O)C(C)C(C)C(=O)O. The van der Waals surface area contributed by atoms with Gasteiger partial charge >= 0.3 is 5.97 Å². The highest BCUT2D eigenvalue weighted by Crippen LogP contribution is 2.30. The molecule has 0 aliphatic carbocycles. The number of carbonyl (C=O) groups is 1. The van der Waals surface area contributed by atoms with Gasteiger partial charge in [-0.15, -0.1) is 0 Å². The number of aryl methyl sites for hydroxylation is 1. The van der Waals surface area contributed by atoms with Gasteiger partial charge in [0.1, 0.15) is 5.82 Å². The zero-order valence-electron chi connectivity index (χ0n) is 10.1. The van der Waals surface area contributed by atoms with E-state index in [1.54, 1.807) is 20.8 Å². The van der Waals surface area contributed by atoms with Crippen LogP contribution >= 0.6 is 0 Å². The standard InChI is InChI=1S/C13H17FO3/c1-7-6-10(14)4-5-11(7)12(15)8(2)9(3)13(16)17/h4-6,8-9,12,15H,1-3H3,(H,16,17). The minimum absolute atomic E-state index is 0.364. The molecule has 0 amide bonds. The van der Waals surface area contributed by atoms with Crippen molar-refractivity contribution in [3.8, 4) is 0 Å². The van der Waals surface area contributed by atoms with Gasteiger partial charge in [-0.2, -0.15) is 0 Å². The van der Waals surface area contributed by atoms with Crippen LogP contribution in [0.1, 0.15) is 31.1 Å². The lowest BCUT2D eigenvalue weighted by atomic mass is 9.85. The summed E-state index contributed by atoms with van der Waals surface area (Å²) in [4.78, 5) is 10.8. The number of aliphatic carboxylic acids is 1. The van der Waals surface area contributed by atoms with Gasteiger partial charge in [0.25, 0.3) is 0 Å². The molecule has 94 valence electrons. The maximum Gasteiger partial charge on any atom is 0.306 e. The van der Waals surface area contributed by atoms with Crippen molar-refractivity contribution < 1.29 is 19.4 Å². The summed E-state index contributed by atoms with van der Waals surface area (Å²) in [6.07, 6.45) is -0.901. The molecule has 0 fully saturated rings. The van der Waals surface area contributed by atoms with Crippen molar-refractivity contribution in [1.82, 2.24) is 0 Å². The average molecular weight is 240 g/mol. The molecule has 1 rings (SSSR count). The van der Waals surface area contributed by atoms with Crippen molar-refractivity contribution in [2.75, 3.05) is 0 Å². The van der Waals surface area contributed by atoms with Crippen LogP contribution in [0.25, 0.3) is 0 Å². The van der Waals surface area contributed by atoms with E-state index in [2.05, 4.69) is 0 Å². The Balaban J connectivity index is 2.96. The number of rotatable bonds is 4. The van der Waals surface area contributed by atoms with Crippen LogP contribution in [0.2, 0.25) is 0 Å². The molecule has 2 N–H and O–H groups in total. The molecule has 0 aliphatic heterocycles. The molecule has 1 aromatic carbocycles. The Bertz CT molecular complexity index is 417. The fourth-order valence-corrected chi connectivity index (χ4v) is 1.75. The third-order valence-electron chi connectivity index (χ3n) is 3.23.